The second-order valence-corrected chi connectivity index (χ2v) is 6.64. The van der Waals surface area contributed by atoms with Gasteiger partial charge in [-0.3, -0.25) is 0 Å². The molecule has 0 aliphatic carbocycles. The molecule has 110 valence electrons. The van der Waals surface area contributed by atoms with Crippen LogP contribution in [0.4, 0.5) is 0 Å². The molecule has 0 unspecified atom stereocenters. The normalized spacial score (nSPS) is 13.1. The fourth-order valence-electron chi connectivity index (χ4n) is 2.16. The van der Waals surface area contributed by atoms with Crippen molar-refractivity contribution >= 4 is 39.3 Å². The number of ether oxygens (including phenoxy) is 2. The zero-order valence-corrected chi connectivity index (χ0v) is 14.6. The highest BCUT2D eigenvalue weighted by atomic mass is 79.9. The maximum atomic E-state index is 6.27. The number of hydrogen-bond acceptors (Lipinski definition) is 5. The number of rotatable bonds is 3. The van der Waals surface area contributed by atoms with Gasteiger partial charge in [-0.15, -0.1) is 0 Å². The van der Waals surface area contributed by atoms with Crippen molar-refractivity contribution in [2.75, 3.05) is 14.2 Å². The molecule has 1 aliphatic rings. The summed E-state index contributed by atoms with van der Waals surface area (Å²) in [5.41, 5.74) is 2.88. The van der Waals surface area contributed by atoms with Crippen LogP contribution in [-0.4, -0.2) is 24.2 Å². The number of fused-ring (bicyclic) bond motifs is 1. The van der Waals surface area contributed by atoms with Crippen LogP contribution >= 0.6 is 39.3 Å². The second-order valence-electron chi connectivity index (χ2n) is 4.44. The van der Waals surface area contributed by atoms with Gasteiger partial charge in [-0.05, 0) is 28.1 Å². The van der Waals surface area contributed by atoms with Crippen LogP contribution in [0.3, 0.4) is 0 Å². The Morgan fingerprint density at radius 3 is 2.57 bits per heavy atom. The molecule has 21 heavy (non-hydrogen) atoms. The summed E-state index contributed by atoms with van der Waals surface area (Å²) in [6.07, 6.45) is 0. The van der Waals surface area contributed by atoms with Gasteiger partial charge in [0.1, 0.15) is 5.15 Å². The Bertz CT molecular complexity index is 712. The van der Waals surface area contributed by atoms with Gasteiger partial charge in [-0.25, -0.2) is 9.97 Å². The van der Waals surface area contributed by atoms with Gasteiger partial charge in [0.15, 0.2) is 17.3 Å². The zero-order chi connectivity index (χ0) is 15.0. The molecular weight excluding hydrogens is 376 g/mol. The van der Waals surface area contributed by atoms with Crippen molar-refractivity contribution in [1.29, 1.82) is 0 Å². The summed E-state index contributed by atoms with van der Waals surface area (Å²) in [6.45, 7) is 0. The smallest absolute Gasteiger partial charge is 0.162 e. The van der Waals surface area contributed by atoms with E-state index in [0.29, 0.717) is 22.5 Å². The van der Waals surface area contributed by atoms with Gasteiger partial charge >= 0.3 is 0 Å². The number of halogens is 2. The fraction of sp³-hybridized carbons (Fsp3) is 0.286. The van der Waals surface area contributed by atoms with E-state index in [9.17, 15) is 0 Å². The van der Waals surface area contributed by atoms with E-state index < -0.39 is 0 Å². The average Bonchev–Trinajstić information content (AvgIpc) is 2.95. The molecule has 3 rings (SSSR count). The summed E-state index contributed by atoms with van der Waals surface area (Å²) < 4.78 is 11.5. The molecule has 0 bridgehead atoms. The van der Waals surface area contributed by atoms with Crippen LogP contribution in [0, 0.1) is 0 Å². The van der Waals surface area contributed by atoms with Crippen molar-refractivity contribution in [3.63, 3.8) is 0 Å². The third-order valence-electron chi connectivity index (χ3n) is 3.24. The number of aromatic nitrogens is 2. The topological polar surface area (TPSA) is 44.2 Å². The van der Waals surface area contributed by atoms with Gasteiger partial charge < -0.3 is 9.47 Å². The third kappa shape index (κ3) is 2.72. The standard InChI is InChI=1S/C14H12BrClN2O2S/c1-19-11-3-7(9(15)4-12(11)20-2)14-17-10-6-21-5-8(10)13(16)18-14/h3-4H,5-6H2,1-2H3. The Morgan fingerprint density at radius 2 is 1.86 bits per heavy atom. The number of thioether (sulfide) groups is 1. The molecule has 1 aromatic heterocycles. The maximum absolute atomic E-state index is 6.27. The van der Waals surface area contributed by atoms with E-state index in [1.807, 2.05) is 12.1 Å². The summed E-state index contributed by atoms with van der Waals surface area (Å²) in [6, 6.07) is 3.69. The fourth-order valence-corrected chi connectivity index (χ4v) is 4.03. The van der Waals surface area contributed by atoms with E-state index in [2.05, 4.69) is 25.9 Å². The molecular formula is C14H12BrClN2O2S. The predicted molar refractivity (Wildman–Crippen MR) is 88.3 cm³/mol. The van der Waals surface area contributed by atoms with Crippen molar-refractivity contribution < 1.29 is 9.47 Å². The first-order valence-electron chi connectivity index (χ1n) is 6.19. The number of benzene rings is 1. The maximum Gasteiger partial charge on any atom is 0.162 e. The van der Waals surface area contributed by atoms with Crippen molar-refractivity contribution in [1.82, 2.24) is 9.97 Å². The molecule has 0 spiro atoms. The molecule has 0 saturated heterocycles. The van der Waals surface area contributed by atoms with Crippen LogP contribution in [0.1, 0.15) is 11.3 Å². The molecule has 0 N–H and O–H groups in total. The van der Waals surface area contributed by atoms with E-state index in [4.69, 9.17) is 21.1 Å². The molecule has 4 nitrogen and oxygen atoms in total. The Morgan fingerprint density at radius 1 is 1.14 bits per heavy atom. The molecule has 2 aromatic rings. The van der Waals surface area contributed by atoms with Gasteiger partial charge in [0, 0.05) is 27.1 Å². The summed E-state index contributed by atoms with van der Waals surface area (Å²) >= 11 is 11.6. The molecule has 7 heteroatoms. The molecule has 0 atom stereocenters. The third-order valence-corrected chi connectivity index (χ3v) is 5.18. The van der Waals surface area contributed by atoms with Gasteiger partial charge in [0.2, 0.25) is 0 Å². The minimum atomic E-state index is 0.529. The molecule has 1 aliphatic heterocycles. The SMILES string of the molecule is COc1cc(Br)c(-c2nc(Cl)c3c(n2)CSC3)cc1OC. The van der Waals surface area contributed by atoms with Crippen LogP contribution in [0.25, 0.3) is 11.4 Å². The minimum Gasteiger partial charge on any atom is -0.493 e. The summed E-state index contributed by atoms with van der Waals surface area (Å²) in [7, 11) is 3.20. The Hall–Kier alpha value is -0.980. The number of nitrogens with zero attached hydrogens (tertiary/aromatic N) is 2. The average molecular weight is 388 g/mol. The molecule has 0 amide bonds. The van der Waals surface area contributed by atoms with Crippen LogP contribution in [0.5, 0.6) is 11.5 Å². The predicted octanol–water partition coefficient (Wildman–Crippen LogP) is 4.32. The highest BCUT2D eigenvalue weighted by molar-refractivity contribution is 9.10. The van der Waals surface area contributed by atoms with Crippen LogP contribution in [0.15, 0.2) is 16.6 Å². The molecule has 0 saturated carbocycles. The van der Waals surface area contributed by atoms with Gasteiger partial charge in [0.05, 0.1) is 19.9 Å². The Labute approximate surface area is 140 Å². The summed E-state index contributed by atoms with van der Waals surface area (Å²) in [5, 5.41) is 0.529. The van der Waals surface area contributed by atoms with Crippen molar-refractivity contribution in [3.8, 4) is 22.9 Å². The lowest BCUT2D eigenvalue weighted by Crippen LogP contribution is -1.99. The molecule has 2 heterocycles. The van der Waals surface area contributed by atoms with Gasteiger partial charge in [0.25, 0.3) is 0 Å². The van der Waals surface area contributed by atoms with Crippen LogP contribution in [-0.2, 0) is 11.5 Å². The monoisotopic (exact) mass is 386 g/mol. The highest BCUT2D eigenvalue weighted by Crippen LogP contribution is 2.39. The van der Waals surface area contributed by atoms with Crippen molar-refractivity contribution in [2.24, 2.45) is 0 Å². The van der Waals surface area contributed by atoms with Gasteiger partial charge in [-0.2, -0.15) is 11.8 Å². The highest BCUT2D eigenvalue weighted by Gasteiger charge is 2.21. The zero-order valence-electron chi connectivity index (χ0n) is 11.4. The lowest BCUT2D eigenvalue weighted by molar-refractivity contribution is 0.355. The quantitative estimate of drug-likeness (QED) is 0.734. The molecule has 1 aromatic carbocycles. The molecule has 0 radical (unpaired) electrons. The first kappa shape index (κ1) is 14.9. The Balaban J connectivity index is 2.14. The Kier molecular flexibility index (Phi) is 4.28. The van der Waals surface area contributed by atoms with Crippen molar-refractivity contribution in [2.45, 2.75) is 11.5 Å². The van der Waals surface area contributed by atoms with Crippen LogP contribution in [0.2, 0.25) is 5.15 Å². The second kappa shape index (κ2) is 6.02. The van der Waals surface area contributed by atoms with E-state index in [1.54, 1.807) is 26.0 Å². The summed E-state index contributed by atoms with van der Waals surface area (Å²) in [4.78, 5) is 9.05. The van der Waals surface area contributed by atoms with E-state index >= 15 is 0 Å². The van der Waals surface area contributed by atoms with Crippen LogP contribution < -0.4 is 9.47 Å². The largest absolute Gasteiger partial charge is 0.493 e. The van der Waals surface area contributed by atoms with E-state index in [1.165, 1.54) is 0 Å². The molecule has 0 fully saturated rings. The number of hydrogen-bond donors (Lipinski definition) is 0. The first-order chi connectivity index (χ1) is 10.1. The van der Waals surface area contributed by atoms with E-state index in [0.717, 1.165) is 32.8 Å². The lowest BCUT2D eigenvalue weighted by atomic mass is 10.1. The minimum absolute atomic E-state index is 0.529. The van der Waals surface area contributed by atoms with Crippen molar-refractivity contribution in [3.05, 3.63) is 33.0 Å². The number of methoxy groups -OCH3 is 2. The van der Waals surface area contributed by atoms with Gasteiger partial charge in [-0.1, -0.05) is 11.6 Å². The summed E-state index contributed by atoms with van der Waals surface area (Å²) in [5.74, 6) is 3.62. The first-order valence-corrected chi connectivity index (χ1v) is 8.51. The van der Waals surface area contributed by atoms with E-state index in [-0.39, 0.29) is 0 Å². The lowest BCUT2D eigenvalue weighted by Gasteiger charge is -2.12.